The lowest BCUT2D eigenvalue weighted by atomic mass is 9.70. The minimum atomic E-state index is 0.734. The van der Waals surface area contributed by atoms with Gasteiger partial charge in [-0.25, -0.2) is 9.97 Å². The van der Waals surface area contributed by atoms with Crippen molar-refractivity contribution in [3.05, 3.63) is 34.6 Å². The highest BCUT2D eigenvalue weighted by Crippen LogP contribution is 2.51. The van der Waals surface area contributed by atoms with Gasteiger partial charge in [-0.3, -0.25) is 0 Å². The van der Waals surface area contributed by atoms with E-state index in [1.165, 1.54) is 24.2 Å². The predicted octanol–water partition coefficient (Wildman–Crippen LogP) is 2.37. The molecule has 1 fully saturated rings. The van der Waals surface area contributed by atoms with Crippen LogP contribution in [0.3, 0.4) is 0 Å². The fourth-order valence-electron chi connectivity index (χ4n) is 3.49. The summed E-state index contributed by atoms with van der Waals surface area (Å²) in [4.78, 5) is 11.8. The Kier molecular flexibility index (Phi) is 1.91. The maximum Gasteiger partial charge on any atom is 0.0893 e. The van der Waals surface area contributed by atoms with Crippen LogP contribution in [0, 0.1) is 13.8 Å². The van der Waals surface area contributed by atoms with Crippen molar-refractivity contribution in [2.24, 2.45) is 0 Å². The third kappa shape index (κ3) is 1.23. The van der Waals surface area contributed by atoms with E-state index in [-0.39, 0.29) is 0 Å². The molecular formula is C15H17N3. The fourth-order valence-corrected chi connectivity index (χ4v) is 3.49. The molecule has 4 rings (SSSR count). The molecular weight excluding hydrogens is 222 g/mol. The summed E-state index contributed by atoms with van der Waals surface area (Å²) in [6, 6.07) is 4.54. The number of likely N-dealkylation sites (tertiary alicyclic amines) is 1. The van der Waals surface area contributed by atoms with Crippen molar-refractivity contribution in [3.63, 3.8) is 0 Å². The Bertz CT molecular complexity index is 606. The lowest BCUT2D eigenvalue weighted by Gasteiger charge is -2.33. The number of nitrogens with zero attached hydrogens (tertiary/aromatic N) is 3. The highest BCUT2D eigenvalue weighted by atomic mass is 15.1. The largest absolute Gasteiger partial charge is 0.305 e. The topological polar surface area (TPSA) is 29.0 Å². The number of fused-ring (bicyclic) bond motifs is 5. The van der Waals surface area contributed by atoms with Crippen molar-refractivity contribution in [3.8, 4) is 0 Å². The number of hydrogen-bond donors (Lipinski definition) is 0. The van der Waals surface area contributed by atoms with Gasteiger partial charge in [0.2, 0.25) is 0 Å². The third-order valence-corrected chi connectivity index (χ3v) is 4.58. The molecule has 2 aliphatic rings. The summed E-state index contributed by atoms with van der Waals surface area (Å²) < 4.78 is 0. The van der Waals surface area contributed by atoms with Crippen LogP contribution in [-0.2, 0) is 0 Å². The molecule has 3 nitrogen and oxygen atoms in total. The van der Waals surface area contributed by atoms with Gasteiger partial charge < -0.3 is 4.90 Å². The summed E-state index contributed by atoms with van der Waals surface area (Å²) in [5.74, 6) is 1.47. The maximum atomic E-state index is 4.67. The van der Waals surface area contributed by atoms with Crippen LogP contribution in [0.4, 0.5) is 0 Å². The van der Waals surface area contributed by atoms with E-state index in [9.17, 15) is 0 Å². The molecule has 0 saturated carbocycles. The highest BCUT2D eigenvalue weighted by molar-refractivity contribution is 5.79. The predicted molar refractivity (Wildman–Crippen MR) is 72.0 cm³/mol. The van der Waals surface area contributed by atoms with Crippen molar-refractivity contribution in [2.75, 3.05) is 20.1 Å². The number of likely N-dealkylation sites (N-methyl/N-ethyl adjacent to an activating group) is 1. The monoisotopic (exact) mass is 239 g/mol. The normalized spacial score (nSPS) is 25.9. The molecule has 1 aliphatic carbocycles. The van der Waals surface area contributed by atoms with Gasteiger partial charge in [-0.2, -0.15) is 0 Å². The van der Waals surface area contributed by atoms with Crippen molar-refractivity contribution in [2.45, 2.75) is 25.7 Å². The number of aromatic nitrogens is 2. The zero-order valence-electron chi connectivity index (χ0n) is 11.1. The molecule has 0 radical (unpaired) electrons. The molecule has 2 aromatic rings. The van der Waals surface area contributed by atoms with Gasteiger partial charge in [-0.1, -0.05) is 0 Å². The molecule has 1 aromatic carbocycles. The van der Waals surface area contributed by atoms with Gasteiger partial charge in [-0.05, 0) is 44.2 Å². The van der Waals surface area contributed by atoms with Crippen LogP contribution in [0.25, 0.3) is 11.0 Å². The first-order valence-electron chi connectivity index (χ1n) is 6.61. The average molecular weight is 239 g/mol. The van der Waals surface area contributed by atoms with Gasteiger partial charge in [-0.15, -0.1) is 0 Å². The van der Waals surface area contributed by atoms with E-state index in [4.69, 9.17) is 0 Å². The van der Waals surface area contributed by atoms with Gasteiger partial charge in [0.05, 0.1) is 22.4 Å². The second-order valence-electron chi connectivity index (χ2n) is 5.80. The maximum absolute atomic E-state index is 4.67. The number of rotatable bonds is 0. The molecule has 1 aromatic heterocycles. The Balaban J connectivity index is 1.91. The molecule has 2 heterocycles. The molecule has 18 heavy (non-hydrogen) atoms. The third-order valence-electron chi connectivity index (χ3n) is 4.58. The molecule has 0 spiro atoms. The van der Waals surface area contributed by atoms with Crippen molar-refractivity contribution < 1.29 is 0 Å². The van der Waals surface area contributed by atoms with Crippen LogP contribution in [-0.4, -0.2) is 35.0 Å². The van der Waals surface area contributed by atoms with Gasteiger partial charge >= 0.3 is 0 Å². The van der Waals surface area contributed by atoms with Gasteiger partial charge in [0, 0.05) is 24.9 Å². The highest BCUT2D eigenvalue weighted by Gasteiger charge is 2.43. The molecule has 1 saturated heterocycles. The Morgan fingerprint density at radius 3 is 1.83 bits per heavy atom. The first-order valence-corrected chi connectivity index (χ1v) is 6.61. The molecule has 0 amide bonds. The summed E-state index contributed by atoms with van der Waals surface area (Å²) in [5, 5.41) is 0. The van der Waals surface area contributed by atoms with Crippen molar-refractivity contribution in [1.82, 2.24) is 14.9 Å². The Hall–Kier alpha value is -1.48. The lowest BCUT2D eigenvalue weighted by Crippen LogP contribution is -2.22. The van der Waals surface area contributed by atoms with Crippen LogP contribution in [0.2, 0.25) is 0 Å². The first-order chi connectivity index (χ1) is 8.63. The molecule has 2 atom stereocenters. The zero-order valence-corrected chi connectivity index (χ0v) is 11.1. The Morgan fingerprint density at radius 1 is 0.944 bits per heavy atom. The molecule has 92 valence electrons. The minimum Gasteiger partial charge on any atom is -0.305 e. The molecule has 0 bridgehead atoms. The zero-order chi connectivity index (χ0) is 12.4. The van der Waals surface area contributed by atoms with Gasteiger partial charge in [0.1, 0.15) is 0 Å². The number of benzene rings is 1. The SMILES string of the molecule is Cc1nc2cc3c(cc2nc1C)C1CN(C)CC31. The first kappa shape index (κ1) is 10.4. The lowest BCUT2D eigenvalue weighted by molar-refractivity contribution is 0.412. The molecule has 0 N–H and O–H groups in total. The number of hydrogen-bond acceptors (Lipinski definition) is 3. The smallest absolute Gasteiger partial charge is 0.0893 e. The van der Waals surface area contributed by atoms with Crippen LogP contribution < -0.4 is 0 Å². The van der Waals surface area contributed by atoms with E-state index in [1.54, 1.807) is 0 Å². The van der Waals surface area contributed by atoms with E-state index < -0.39 is 0 Å². The summed E-state index contributed by atoms with van der Waals surface area (Å²) in [7, 11) is 2.21. The second-order valence-corrected chi connectivity index (χ2v) is 5.80. The summed E-state index contributed by atoms with van der Waals surface area (Å²) in [6.07, 6.45) is 0. The Morgan fingerprint density at radius 2 is 1.39 bits per heavy atom. The quantitative estimate of drug-likeness (QED) is 0.706. The summed E-state index contributed by atoms with van der Waals surface area (Å²) >= 11 is 0. The van der Waals surface area contributed by atoms with Crippen LogP contribution in [0.15, 0.2) is 12.1 Å². The van der Waals surface area contributed by atoms with Crippen molar-refractivity contribution >= 4 is 11.0 Å². The standard InChI is InChI=1S/C15H17N3/c1-8-9(2)17-15-5-11-10(4-14(15)16-8)12-6-18(3)7-13(11)12/h4-5,12-13H,6-7H2,1-3H3. The minimum absolute atomic E-state index is 0.734. The van der Waals surface area contributed by atoms with Crippen molar-refractivity contribution in [1.29, 1.82) is 0 Å². The van der Waals surface area contributed by atoms with E-state index in [0.29, 0.717) is 0 Å². The molecule has 1 aliphatic heterocycles. The van der Waals surface area contributed by atoms with Crippen LogP contribution in [0.1, 0.15) is 34.4 Å². The van der Waals surface area contributed by atoms with E-state index >= 15 is 0 Å². The van der Waals surface area contributed by atoms with E-state index in [0.717, 1.165) is 34.3 Å². The summed E-state index contributed by atoms with van der Waals surface area (Å²) in [6.45, 7) is 6.46. The second kappa shape index (κ2) is 3.29. The van der Waals surface area contributed by atoms with Crippen LogP contribution in [0.5, 0.6) is 0 Å². The van der Waals surface area contributed by atoms with Gasteiger partial charge in [0.25, 0.3) is 0 Å². The van der Waals surface area contributed by atoms with Crippen LogP contribution >= 0.6 is 0 Å². The molecule has 2 unspecified atom stereocenters. The fraction of sp³-hybridized carbons (Fsp3) is 0.467. The summed E-state index contributed by atoms with van der Waals surface area (Å²) in [5.41, 5.74) is 7.22. The van der Waals surface area contributed by atoms with E-state index in [2.05, 4.69) is 34.0 Å². The number of aryl methyl sites for hydroxylation is 2. The average Bonchev–Trinajstić information content (AvgIpc) is 2.67. The van der Waals surface area contributed by atoms with E-state index in [1.807, 2.05) is 13.8 Å². The molecule has 3 heteroatoms. The van der Waals surface area contributed by atoms with Gasteiger partial charge in [0.15, 0.2) is 0 Å². The Labute approximate surface area is 107 Å².